The van der Waals surface area contributed by atoms with Gasteiger partial charge < -0.3 is 20.1 Å². The maximum absolute atomic E-state index is 13.0. The van der Waals surface area contributed by atoms with E-state index < -0.39 is 17.7 Å². The number of hydrogen-bond donors (Lipinski definition) is 2. The lowest BCUT2D eigenvalue weighted by molar-refractivity contribution is -0.137. The lowest BCUT2D eigenvalue weighted by Gasteiger charge is -2.16. The first-order chi connectivity index (χ1) is 14.6. The number of nitrogens with zero attached hydrogens (tertiary/aromatic N) is 1. The smallest absolute Gasteiger partial charge is 0.418 e. The molecule has 1 heterocycles. The molecule has 0 spiro atoms. The molecule has 0 aliphatic heterocycles. The molecule has 0 aliphatic rings. The lowest BCUT2D eigenvalue weighted by atomic mass is 10.1. The summed E-state index contributed by atoms with van der Waals surface area (Å²) in [7, 11) is 0. The van der Waals surface area contributed by atoms with E-state index in [1.165, 1.54) is 35.8 Å². The number of benzene rings is 2. The van der Waals surface area contributed by atoms with Crippen LogP contribution in [-0.4, -0.2) is 22.2 Å². The molecule has 8 heteroatoms. The van der Waals surface area contributed by atoms with E-state index >= 15 is 0 Å². The van der Waals surface area contributed by atoms with Gasteiger partial charge in [-0.05, 0) is 45.0 Å². The monoisotopic (exact) mass is 434 g/mol. The summed E-state index contributed by atoms with van der Waals surface area (Å²) in [5, 5.41) is 9.04. The van der Waals surface area contributed by atoms with Gasteiger partial charge in [0.2, 0.25) is 0 Å². The number of aryl methyl sites for hydroxylation is 1. The molecule has 166 valence electrons. The quantitative estimate of drug-likeness (QED) is 0.567. The van der Waals surface area contributed by atoms with Gasteiger partial charge in [-0.15, -0.1) is 0 Å². The number of ether oxygens (including phenoxy) is 1. The van der Waals surface area contributed by atoms with Crippen LogP contribution in [0.5, 0.6) is 5.75 Å². The zero-order valence-electron chi connectivity index (χ0n) is 17.5. The summed E-state index contributed by atoms with van der Waals surface area (Å²) in [6.45, 7) is 6.26. The first kappa shape index (κ1) is 24.0. The Labute approximate surface area is 178 Å². The summed E-state index contributed by atoms with van der Waals surface area (Å²) in [6, 6.07) is 14.3. The first-order valence-corrected chi connectivity index (χ1v) is 9.61. The number of hydrogen-bond acceptors (Lipinski definition) is 3. The number of nitrogens with two attached hydrogens (primary N) is 1. The predicted octanol–water partition coefficient (Wildman–Crippen LogP) is 5.36. The molecule has 2 aromatic carbocycles. The molecule has 0 saturated heterocycles. The van der Waals surface area contributed by atoms with Gasteiger partial charge in [-0.2, -0.15) is 13.2 Å². The molecule has 31 heavy (non-hydrogen) atoms. The van der Waals surface area contributed by atoms with Gasteiger partial charge in [0.15, 0.2) is 0 Å². The van der Waals surface area contributed by atoms with Gasteiger partial charge in [-0.3, -0.25) is 0 Å². The van der Waals surface area contributed by atoms with Crippen molar-refractivity contribution in [2.45, 2.75) is 33.5 Å². The van der Waals surface area contributed by atoms with Gasteiger partial charge >= 0.3 is 12.1 Å². The SMILES string of the molecule is CCOc1ccccc1CN.Cc1cc(C(=O)O)c(C)n1-c1ccccc1C(F)(F)F. The Morgan fingerprint density at radius 1 is 1.10 bits per heavy atom. The summed E-state index contributed by atoms with van der Waals surface area (Å²) in [5.74, 6) is -0.258. The second-order valence-electron chi connectivity index (χ2n) is 6.69. The summed E-state index contributed by atoms with van der Waals surface area (Å²) in [6.07, 6.45) is -4.50. The number of carboxylic acids is 1. The van der Waals surface area contributed by atoms with E-state index in [9.17, 15) is 18.0 Å². The number of alkyl halides is 3. The highest BCUT2D eigenvalue weighted by atomic mass is 19.4. The predicted molar refractivity (Wildman–Crippen MR) is 113 cm³/mol. The van der Waals surface area contributed by atoms with E-state index in [2.05, 4.69) is 0 Å². The Morgan fingerprint density at radius 2 is 1.71 bits per heavy atom. The number of aromatic carboxylic acids is 1. The number of halogens is 3. The van der Waals surface area contributed by atoms with E-state index in [0.29, 0.717) is 18.8 Å². The highest BCUT2D eigenvalue weighted by Gasteiger charge is 2.34. The van der Waals surface area contributed by atoms with Crippen molar-refractivity contribution < 1.29 is 27.8 Å². The number of carboxylic acid groups (broad SMARTS) is 1. The van der Waals surface area contributed by atoms with Crippen molar-refractivity contribution in [3.8, 4) is 11.4 Å². The van der Waals surface area contributed by atoms with Crippen molar-refractivity contribution in [1.29, 1.82) is 0 Å². The van der Waals surface area contributed by atoms with Crippen LogP contribution in [0.25, 0.3) is 5.69 Å². The fraction of sp³-hybridized carbons (Fsp3) is 0.261. The summed E-state index contributed by atoms with van der Waals surface area (Å²) in [4.78, 5) is 11.1. The van der Waals surface area contributed by atoms with Crippen molar-refractivity contribution in [3.05, 3.63) is 82.7 Å². The molecule has 0 radical (unpaired) electrons. The number of para-hydroxylation sites is 2. The van der Waals surface area contributed by atoms with Crippen molar-refractivity contribution in [2.75, 3.05) is 6.61 Å². The fourth-order valence-electron chi connectivity index (χ4n) is 3.23. The number of carbonyl (C=O) groups is 1. The zero-order chi connectivity index (χ0) is 23.2. The highest BCUT2D eigenvalue weighted by molar-refractivity contribution is 5.89. The Bertz CT molecular complexity index is 1040. The third-order valence-electron chi connectivity index (χ3n) is 4.60. The van der Waals surface area contributed by atoms with Crippen LogP contribution in [0.15, 0.2) is 54.6 Å². The van der Waals surface area contributed by atoms with Crippen LogP contribution in [0.4, 0.5) is 13.2 Å². The summed E-state index contributed by atoms with van der Waals surface area (Å²) < 4.78 is 45.8. The topological polar surface area (TPSA) is 77.5 Å². The molecule has 0 fully saturated rings. The third kappa shape index (κ3) is 5.67. The third-order valence-corrected chi connectivity index (χ3v) is 4.60. The molecule has 0 atom stereocenters. The largest absolute Gasteiger partial charge is 0.494 e. The summed E-state index contributed by atoms with van der Waals surface area (Å²) in [5.41, 5.74) is 6.42. The molecule has 3 rings (SSSR count). The molecule has 0 amide bonds. The van der Waals surface area contributed by atoms with Crippen molar-refractivity contribution >= 4 is 5.97 Å². The van der Waals surface area contributed by atoms with Crippen LogP contribution in [0.2, 0.25) is 0 Å². The van der Waals surface area contributed by atoms with E-state index in [1.54, 1.807) is 6.92 Å². The number of rotatable bonds is 5. The molecule has 0 unspecified atom stereocenters. The second-order valence-corrected chi connectivity index (χ2v) is 6.69. The van der Waals surface area contributed by atoms with E-state index in [0.717, 1.165) is 17.4 Å². The maximum atomic E-state index is 13.0. The minimum Gasteiger partial charge on any atom is -0.494 e. The van der Waals surface area contributed by atoms with Crippen molar-refractivity contribution in [1.82, 2.24) is 4.57 Å². The van der Waals surface area contributed by atoms with E-state index in [1.807, 2.05) is 31.2 Å². The molecule has 0 aliphatic carbocycles. The van der Waals surface area contributed by atoms with E-state index in [4.69, 9.17) is 15.6 Å². The van der Waals surface area contributed by atoms with Crippen LogP contribution in [0.3, 0.4) is 0 Å². The Morgan fingerprint density at radius 3 is 2.26 bits per heavy atom. The Hall–Kier alpha value is -3.26. The Balaban J connectivity index is 0.000000262. The maximum Gasteiger partial charge on any atom is 0.418 e. The molecule has 3 N–H and O–H groups in total. The van der Waals surface area contributed by atoms with Gasteiger partial charge in [0.05, 0.1) is 23.4 Å². The molecule has 3 aromatic rings. The molecule has 5 nitrogen and oxygen atoms in total. The van der Waals surface area contributed by atoms with E-state index in [-0.39, 0.29) is 16.9 Å². The fourth-order valence-corrected chi connectivity index (χ4v) is 3.23. The second kappa shape index (κ2) is 10.2. The molecule has 1 aromatic heterocycles. The van der Waals surface area contributed by atoms with Crippen LogP contribution >= 0.6 is 0 Å². The minimum atomic E-state index is -4.50. The average Bonchev–Trinajstić information content (AvgIpc) is 3.03. The van der Waals surface area contributed by atoms with Gasteiger partial charge in [0.1, 0.15) is 5.75 Å². The average molecular weight is 434 g/mol. The number of aromatic nitrogens is 1. The zero-order valence-corrected chi connectivity index (χ0v) is 17.5. The van der Waals surface area contributed by atoms with Gasteiger partial charge in [0, 0.05) is 23.5 Å². The first-order valence-electron chi connectivity index (χ1n) is 9.61. The molecular weight excluding hydrogens is 409 g/mol. The standard InChI is InChI=1S/C14H12F3NO2.C9H13NO/c1-8-7-10(13(19)20)9(2)18(8)12-6-4-3-5-11(12)14(15,16)17;1-2-11-9-6-4-3-5-8(9)7-10/h3-7H,1-2H3,(H,19,20);3-6H,2,7,10H2,1H3. The Kier molecular flexibility index (Phi) is 7.88. The van der Waals surface area contributed by atoms with Crippen LogP contribution in [-0.2, 0) is 12.7 Å². The van der Waals surface area contributed by atoms with Crippen molar-refractivity contribution in [3.63, 3.8) is 0 Å². The van der Waals surface area contributed by atoms with Gasteiger partial charge in [-0.1, -0.05) is 30.3 Å². The normalized spacial score (nSPS) is 10.9. The summed E-state index contributed by atoms with van der Waals surface area (Å²) >= 11 is 0. The molecular formula is C23H25F3N2O3. The highest BCUT2D eigenvalue weighted by Crippen LogP contribution is 2.35. The van der Waals surface area contributed by atoms with Gasteiger partial charge in [-0.25, -0.2) is 4.79 Å². The van der Waals surface area contributed by atoms with Crippen LogP contribution in [0, 0.1) is 13.8 Å². The molecule has 0 saturated carbocycles. The van der Waals surface area contributed by atoms with Crippen molar-refractivity contribution in [2.24, 2.45) is 5.73 Å². The van der Waals surface area contributed by atoms with Crippen LogP contribution in [0.1, 0.15) is 39.8 Å². The van der Waals surface area contributed by atoms with Crippen LogP contribution < -0.4 is 10.5 Å². The minimum absolute atomic E-state index is 0.000484. The van der Waals surface area contributed by atoms with Gasteiger partial charge in [0.25, 0.3) is 0 Å². The molecule has 0 bridgehead atoms. The lowest BCUT2D eigenvalue weighted by Crippen LogP contribution is -2.12.